The quantitative estimate of drug-likeness (QED) is 0.286. The van der Waals surface area contributed by atoms with Crippen molar-refractivity contribution in [1.82, 2.24) is 0 Å². The van der Waals surface area contributed by atoms with Gasteiger partial charge in [-0.15, -0.1) is 0 Å². The standard InChI is InChI=1S/C20H17NO6/c1-2-13-7-8-16-15(11-20(23)27-18(16)9-13)12-26-19(22)10-14-5-3-4-6-17(14)21(24)25/h3-9,11H,2,10,12H2,1H3. The Morgan fingerprint density at radius 1 is 1.15 bits per heavy atom. The molecule has 0 bridgehead atoms. The van der Waals surface area contributed by atoms with Crippen molar-refractivity contribution in [3.8, 4) is 0 Å². The highest BCUT2D eigenvalue weighted by Crippen LogP contribution is 2.21. The summed E-state index contributed by atoms with van der Waals surface area (Å²) in [5, 5.41) is 11.7. The van der Waals surface area contributed by atoms with E-state index in [0.29, 0.717) is 16.5 Å². The van der Waals surface area contributed by atoms with Gasteiger partial charge in [0.2, 0.25) is 0 Å². The van der Waals surface area contributed by atoms with Gasteiger partial charge in [0, 0.05) is 28.6 Å². The molecule has 0 N–H and O–H groups in total. The number of nitrogens with zero attached hydrogens (tertiary/aromatic N) is 1. The first-order chi connectivity index (χ1) is 13.0. The van der Waals surface area contributed by atoms with E-state index < -0.39 is 16.5 Å². The molecule has 7 nitrogen and oxygen atoms in total. The molecule has 138 valence electrons. The topological polar surface area (TPSA) is 99.6 Å². The first-order valence-corrected chi connectivity index (χ1v) is 8.41. The third-order valence-corrected chi connectivity index (χ3v) is 4.21. The van der Waals surface area contributed by atoms with Gasteiger partial charge in [-0.3, -0.25) is 14.9 Å². The van der Waals surface area contributed by atoms with E-state index in [0.717, 1.165) is 12.0 Å². The molecule has 0 aliphatic heterocycles. The van der Waals surface area contributed by atoms with Gasteiger partial charge < -0.3 is 9.15 Å². The second-order valence-electron chi connectivity index (χ2n) is 6.00. The molecule has 0 unspecified atom stereocenters. The van der Waals surface area contributed by atoms with E-state index in [1.807, 2.05) is 19.1 Å². The molecule has 0 fully saturated rings. The molecular formula is C20H17NO6. The number of nitro benzene ring substituents is 1. The van der Waals surface area contributed by atoms with Gasteiger partial charge in [-0.2, -0.15) is 0 Å². The van der Waals surface area contributed by atoms with E-state index in [-0.39, 0.29) is 24.3 Å². The molecule has 3 aromatic rings. The predicted octanol–water partition coefficient (Wildman–Crippen LogP) is 3.55. The van der Waals surface area contributed by atoms with E-state index in [2.05, 4.69) is 0 Å². The maximum atomic E-state index is 12.1. The van der Waals surface area contributed by atoms with Gasteiger partial charge >= 0.3 is 11.6 Å². The van der Waals surface area contributed by atoms with Crippen LogP contribution in [0.1, 0.15) is 23.6 Å². The summed E-state index contributed by atoms with van der Waals surface area (Å²) in [5.41, 5.74) is 1.60. The van der Waals surface area contributed by atoms with Crippen molar-refractivity contribution in [3.63, 3.8) is 0 Å². The molecule has 0 radical (unpaired) electrons. The fourth-order valence-corrected chi connectivity index (χ4v) is 2.82. The summed E-state index contributed by atoms with van der Waals surface area (Å²) in [6, 6.07) is 12.8. The number of ether oxygens (including phenoxy) is 1. The predicted molar refractivity (Wildman–Crippen MR) is 98.5 cm³/mol. The van der Waals surface area contributed by atoms with Gasteiger partial charge in [-0.05, 0) is 18.1 Å². The van der Waals surface area contributed by atoms with Gasteiger partial charge in [0.1, 0.15) is 12.2 Å². The number of aryl methyl sites for hydroxylation is 1. The lowest BCUT2D eigenvalue weighted by atomic mass is 10.1. The molecule has 1 aromatic heterocycles. The molecule has 7 heteroatoms. The number of carbonyl (C=O) groups is 1. The third-order valence-electron chi connectivity index (χ3n) is 4.21. The van der Waals surface area contributed by atoms with Crippen LogP contribution in [0, 0.1) is 10.1 Å². The Labute approximate surface area is 154 Å². The number of para-hydroxylation sites is 1. The normalized spacial score (nSPS) is 10.7. The third kappa shape index (κ3) is 4.20. The average Bonchev–Trinajstić information content (AvgIpc) is 2.65. The highest BCUT2D eigenvalue weighted by molar-refractivity contribution is 5.81. The lowest BCUT2D eigenvalue weighted by Crippen LogP contribution is -2.11. The van der Waals surface area contributed by atoms with Crippen molar-refractivity contribution >= 4 is 22.6 Å². The zero-order valence-corrected chi connectivity index (χ0v) is 14.6. The van der Waals surface area contributed by atoms with Gasteiger partial charge in [-0.1, -0.05) is 37.3 Å². The van der Waals surface area contributed by atoms with Crippen LogP contribution in [0.5, 0.6) is 0 Å². The summed E-state index contributed by atoms with van der Waals surface area (Å²) in [6.45, 7) is 1.88. The summed E-state index contributed by atoms with van der Waals surface area (Å²) >= 11 is 0. The molecule has 0 spiro atoms. The molecule has 3 rings (SSSR count). The Bertz CT molecular complexity index is 1070. The number of carbonyl (C=O) groups excluding carboxylic acids is 1. The summed E-state index contributed by atoms with van der Waals surface area (Å²) in [5.74, 6) is -0.615. The molecule has 0 aliphatic rings. The molecular weight excluding hydrogens is 350 g/mol. The van der Waals surface area contributed by atoms with Crippen molar-refractivity contribution < 1.29 is 18.9 Å². The molecule has 0 aliphatic carbocycles. The lowest BCUT2D eigenvalue weighted by molar-refractivity contribution is -0.385. The Kier molecular flexibility index (Phi) is 5.30. The molecule has 0 atom stereocenters. The maximum absolute atomic E-state index is 12.1. The SMILES string of the molecule is CCc1ccc2c(COC(=O)Cc3ccccc3[N+](=O)[O-])cc(=O)oc2c1. The first-order valence-electron chi connectivity index (χ1n) is 8.41. The fraction of sp³-hybridized carbons (Fsp3) is 0.200. The summed E-state index contributed by atoms with van der Waals surface area (Å²) in [7, 11) is 0. The van der Waals surface area contributed by atoms with Crippen LogP contribution in [0.25, 0.3) is 11.0 Å². The van der Waals surface area contributed by atoms with Crippen molar-refractivity contribution in [2.45, 2.75) is 26.4 Å². The molecule has 1 heterocycles. The van der Waals surface area contributed by atoms with Crippen molar-refractivity contribution in [3.05, 3.63) is 85.8 Å². The highest BCUT2D eigenvalue weighted by atomic mass is 16.6. The maximum Gasteiger partial charge on any atom is 0.336 e. The number of esters is 1. The Balaban J connectivity index is 1.78. The zero-order valence-electron chi connectivity index (χ0n) is 14.6. The van der Waals surface area contributed by atoms with Gasteiger partial charge in [-0.25, -0.2) is 4.79 Å². The number of nitro groups is 1. The number of hydrogen-bond acceptors (Lipinski definition) is 6. The first kappa shape index (κ1) is 18.3. The van der Waals surface area contributed by atoms with Crippen LogP contribution in [-0.4, -0.2) is 10.9 Å². The Morgan fingerprint density at radius 3 is 2.67 bits per heavy atom. The van der Waals surface area contributed by atoms with Crippen LogP contribution in [0.3, 0.4) is 0 Å². The van der Waals surface area contributed by atoms with E-state index in [4.69, 9.17) is 9.15 Å². The van der Waals surface area contributed by atoms with Crippen molar-refractivity contribution in [2.24, 2.45) is 0 Å². The minimum absolute atomic E-state index is 0.118. The monoisotopic (exact) mass is 367 g/mol. The average molecular weight is 367 g/mol. The summed E-state index contributed by atoms with van der Waals surface area (Å²) in [6.07, 6.45) is 0.575. The van der Waals surface area contributed by atoms with Crippen molar-refractivity contribution in [1.29, 1.82) is 0 Å². The van der Waals surface area contributed by atoms with Crippen LogP contribution in [0.15, 0.2) is 57.7 Å². The largest absolute Gasteiger partial charge is 0.461 e. The van der Waals surface area contributed by atoms with Gasteiger partial charge in [0.15, 0.2) is 0 Å². The van der Waals surface area contributed by atoms with E-state index in [9.17, 15) is 19.7 Å². The summed E-state index contributed by atoms with van der Waals surface area (Å²) in [4.78, 5) is 34.4. The molecule has 0 saturated heterocycles. The molecule has 27 heavy (non-hydrogen) atoms. The number of hydrogen-bond donors (Lipinski definition) is 0. The van der Waals surface area contributed by atoms with Gasteiger partial charge in [0.05, 0.1) is 11.3 Å². The van der Waals surface area contributed by atoms with Crippen LogP contribution in [-0.2, 0) is 29.0 Å². The second kappa shape index (κ2) is 7.82. The van der Waals surface area contributed by atoms with Crippen LogP contribution < -0.4 is 5.63 Å². The van der Waals surface area contributed by atoms with Crippen molar-refractivity contribution in [2.75, 3.05) is 0 Å². The molecule has 2 aromatic carbocycles. The van der Waals surface area contributed by atoms with Crippen LogP contribution in [0.4, 0.5) is 5.69 Å². The molecule has 0 saturated carbocycles. The van der Waals surface area contributed by atoms with Crippen LogP contribution >= 0.6 is 0 Å². The smallest absolute Gasteiger partial charge is 0.336 e. The van der Waals surface area contributed by atoms with Gasteiger partial charge in [0.25, 0.3) is 5.69 Å². The summed E-state index contributed by atoms with van der Waals surface area (Å²) < 4.78 is 10.5. The Morgan fingerprint density at radius 2 is 1.93 bits per heavy atom. The van der Waals surface area contributed by atoms with Crippen LogP contribution in [0.2, 0.25) is 0 Å². The number of rotatable bonds is 6. The lowest BCUT2D eigenvalue weighted by Gasteiger charge is -2.08. The van der Waals surface area contributed by atoms with E-state index >= 15 is 0 Å². The molecule has 0 amide bonds. The Hall–Kier alpha value is -3.48. The van der Waals surface area contributed by atoms with E-state index in [1.54, 1.807) is 12.1 Å². The van der Waals surface area contributed by atoms with E-state index in [1.165, 1.54) is 24.3 Å². The minimum Gasteiger partial charge on any atom is -0.461 e. The zero-order chi connectivity index (χ0) is 19.4. The number of benzene rings is 2. The number of fused-ring (bicyclic) bond motifs is 1. The second-order valence-corrected chi connectivity index (χ2v) is 6.00. The minimum atomic E-state index is -0.615. The fourth-order valence-electron chi connectivity index (χ4n) is 2.82. The highest BCUT2D eigenvalue weighted by Gasteiger charge is 2.17.